The molecule has 118 valence electrons. The SMILES string of the molecule is Cc1cc(-c2ccccc2)cc(C)c1OCCCS(C)(=O)=O. The van der Waals surface area contributed by atoms with Gasteiger partial charge in [-0.2, -0.15) is 0 Å². The van der Waals surface area contributed by atoms with E-state index in [1.165, 1.54) is 17.4 Å². The first kappa shape index (κ1) is 16.6. The predicted octanol–water partition coefficient (Wildman–Crippen LogP) is 3.78. The van der Waals surface area contributed by atoms with Crippen molar-refractivity contribution in [2.45, 2.75) is 20.3 Å². The van der Waals surface area contributed by atoms with Crippen LogP contribution in [0.15, 0.2) is 42.5 Å². The zero-order valence-electron chi connectivity index (χ0n) is 13.3. The molecule has 0 N–H and O–H groups in total. The summed E-state index contributed by atoms with van der Waals surface area (Å²) in [6.07, 6.45) is 1.76. The highest BCUT2D eigenvalue weighted by Gasteiger charge is 2.08. The van der Waals surface area contributed by atoms with Gasteiger partial charge in [0.1, 0.15) is 15.6 Å². The Balaban J connectivity index is 2.11. The van der Waals surface area contributed by atoms with Crippen molar-refractivity contribution >= 4 is 9.84 Å². The van der Waals surface area contributed by atoms with Crippen LogP contribution < -0.4 is 4.74 Å². The van der Waals surface area contributed by atoms with Gasteiger partial charge in [0.15, 0.2) is 0 Å². The number of benzene rings is 2. The van der Waals surface area contributed by atoms with Gasteiger partial charge in [-0.25, -0.2) is 8.42 Å². The Labute approximate surface area is 132 Å². The summed E-state index contributed by atoms with van der Waals surface area (Å²) in [6, 6.07) is 14.4. The van der Waals surface area contributed by atoms with Crippen LogP contribution >= 0.6 is 0 Å². The summed E-state index contributed by atoms with van der Waals surface area (Å²) in [5.41, 5.74) is 4.48. The number of hydrogen-bond acceptors (Lipinski definition) is 3. The van der Waals surface area contributed by atoms with Crippen molar-refractivity contribution in [2.24, 2.45) is 0 Å². The topological polar surface area (TPSA) is 43.4 Å². The molecule has 2 aromatic carbocycles. The molecule has 0 fully saturated rings. The van der Waals surface area contributed by atoms with Crippen LogP contribution in [0.2, 0.25) is 0 Å². The monoisotopic (exact) mass is 318 g/mol. The lowest BCUT2D eigenvalue weighted by Gasteiger charge is -2.14. The van der Waals surface area contributed by atoms with Crippen LogP contribution in [0.1, 0.15) is 17.5 Å². The van der Waals surface area contributed by atoms with Crippen molar-refractivity contribution in [3.63, 3.8) is 0 Å². The van der Waals surface area contributed by atoms with Crippen LogP contribution in [0.4, 0.5) is 0 Å². The van der Waals surface area contributed by atoms with Gasteiger partial charge in [-0.1, -0.05) is 30.3 Å². The first-order chi connectivity index (χ1) is 10.4. The van der Waals surface area contributed by atoms with Gasteiger partial charge in [0, 0.05) is 6.26 Å². The molecule has 0 bridgehead atoms. The van der Waals surface area contributed by atoms with Gasteiger partial charge in [-0.15, -0.1) is 0 Å². The van der Waals surface area contributed by atoms with E-state index in [0.29, 0.717) is 13.0 Å². The maximum absolute atomic E-state index is 11.1. The lowest BCUT2D eigenvalue weighted by Crippen LogP contribution is -2.09. The fraction of sp³-hybridized carbons (Fsp3) is 0.333. The minimum absolute atomic E-state index is 0.160. The second-order valence-corrected chi connectivity index (χ2v) is 7.90. The van der Waals surface area contributed by atoms with E-state index < -0.39 is 9.84 Å². The van der Waals surface area contributed by atoms with Gasteiger partial charge in [-0.3, -0.25) is 0 Å². The molecule has 0 aliphatic carbocycles. The lowest BCUT2D eigenvalue weighted by atomic mass is 10.00. The zero-order chi connectivity index (χ0) is 16.2. The molecule has 3 nitrogen and oxygen atoms in total. The van der Waals surface area contributed by atoms with Gasteiger partial charge in [-0.05, 0) is 54.7 Å². The number of ether oxygens (including phenoxy) is 1. The Morgan fingerprint density at radius 1 is 0.955 bits per heavy atom. The molecule has 0 spiro atoms. The Kier molecular flexibility index (Phi) is 5.24. The summed E-state index contributed by atoms with van der Waals surface area (Å²) < 4.78 is 28.0. The molecule has 0 aromatic heterocycles. The van der Waals surface area contributed by atoms with Crippen molar-refractivity contribution in [1.29, 1.82) is 0 Å². The van der Waals surface area contributed by atoms with Crippen LogP contribution in [-0.2, 0) is 9.84 Å². The molecule has 0 radical (unpaired) electrons. The van der Waals surface area contributed by atoms with Crippen molar-refractivity contribution in [3.05, 3.63) is 53.6 Å². The van der Waals surface area contributed by atoms with Gasteiger partial charge >= 0.3 is 0 Å². The molecule has 0 amide bonds. The average Bonchev–Trinajstić information content (AvgIpc) is 2.45. The maximum atomic E-state index is 11.1. The van der Waals surface area contributed by atoms with Crippen LogP contribution in [0.25, 0.3) is 11.1 Å². The summed E-state index contributed by atoms with van der Waals surface area (Å²) in [5.74, 6) is 1.01. The number of rotatable bonds is 6. The number of hydrogen-bond donors (Lipinski definition) is 0. The van der Waals surface area contributed by atoms with E-state index in [0.717, 1.165) is 16.9 Å². The highest BCUT2D eigenvalue weighted by Crippen LogP contribution is 2.30. The molecule has 2 aromatic rings. The van der Waals surface area contributed by atoms with E-state index in [2.05, 4.69) is 24.3 Å². The van der Waals surface area contributed by atoms with E-state index in [-0.39, 0.29) is 5.75 Å². The van der Waals surface area contributed by atoms with Crippen molar-refractivity contribution in [3.8, 4) is 16.9 Å². The molecule has 0 heterocycles. The minimum Gasteiger partial charge on any atom is -0.493 e. The van der Waals surface area contributed by atoms with Gasteiger partial charge in [0.2, 0.25) is 0 Å². The highest BCUT2D eigenvalue weighted by atomic mass is 32.2. The summed E-state index contributed by atoms with van der Waals surface area (Å²) in [4.78, 5) is 0. The summed E-state index contributed by atoms with van der Waals surface area (Å²) >= 11 is 0. The third-order valence-corrected chi connectivity index (χ3v) is 4.50. The first-order valence-corrected chi connectivity index (χ1v) is 9.40. The Bertz CT molecular complexity index is 711. The third-order valence-electron chi connectivity index (χ3n) is 3.47. The van der Waals surface area contributed by atoms with E-state index in [4.69, 9.17) is 4.74 Å². The average molecular weight is 318 g/mol. The molecule has 0 aliphatic heterocycles. The van der Waals surface area contributed by atoms with Crippen molar-refractivity contribution in [1.82, 2.24) is 0 Å². The zero-order valence-corrected chi connectivity index (χ0v) is 14.1. The summed E-state index contributed by atoms with van der Waals surface area (Å²) in [5, 5.41) is 0. The van der Waals surface area contributed by atoms with E-state index in [9.17, 15) is 8.42 Å². The second-order valence-electron chi connectivity index (χ2n) is 5.64. The molecule has 0 unspecified atom stereocenters. The molecular formula is C18H22O3S. The normalized spacial score (nSPS) is 11.4. The fourth-order valence-electron chi connectivity index (χ4n) is 2.47. The molecule has 0 saturated carbocycles. The van der Waals surface area contributed by atoms with E-state index in [1.54, 1.807) is 0 Å². The largest absolute Gasteiger partial charge is 0.493 e. The van der Waals surface area contributed by atoms with Crippen LogP contribution in [-0.4, -0.2) is 27.0 Å². The quantitative estimate of drug-likeness (QED) is 0.761. The van der Waals surface area contributed by atoms with Gasteiger partial charge in [0.05, 0.1) is 12.4 Å². The number of sulfone groups is 1. The molecule has 22 heavy (non-hydrogen) atoms. The predicted molar refractivity (Wildman–Crippen MR) is 91.2 cm³/mol. The first-order valence-electron chi connectivity index (χ1n) is 7.34. The maximum Gasteiger partial charge on any atom is 0.147 e. The van der Waals surface area contributed by atoms with Crippen molar-refractivity contribution < 1.29 is 13.2 Å². The molecule has 0 saturated heterocycles. The fourth-order valence-corrected chi connectivity index (χ4v) is 3.11. The Morgan fingerprint density at radius 3 is 2.09 bits per heavy atom. The lowest BCUT2D eigenvalue weighted by molar-refractivity contribution is 0.313. The molecule has 0 aliphatic rings. The van der Waals surface area contributed by atoms with Crippen LogP contribution in [0.5, 0.6) is 5.75 Å². The highest BCUT2D eigenvalue weighted by molar-refractivity contribution is 7.90. The second kappa shape index (κ2) is 6.97. The number of aryl methyl sites for hydroxylation is 2. The smallest absolute Gasteiger partial charge is 0.147 e. The molecule has 4 heteroatoms. The van der Waals surface area contributed by atoms with Crippen LogP contribution in [0, 0.1) is 13.8 Å². The Morgan fingerprint density at radius 2 is 1.55 bits per heavy atom. The van der Waals surface area contributed by atoms with Crippen LogP contribution in [0.3, 0.4) is 0 Å². The third kappa shape index (κ3) is 4.60. The van der Waals surface area contributed by atoms with Gasteiger partial charge in [0.25, 0.3) is 0 Å². The molecular weight excluding hydrogens is 296 g/mol. The summed E-state index contributed by atoms with van der Waals surface area (Å²) in [7, 11) is -2.92. The molecule has 0 atom stereocenters. The molecule has 2 rings (SSSR count). The van der Waals surface area contributed by atoms with Crippen molar-refractivity contribution in [2.75, 3.05) is 18.6 Å². The van der Waals surface area contributed by atoms with E-state index in [1.807, 2.05) is 32.0 Å². The standard InChI is InChI=1S/C18H22O3S/c1-14-12-17(16-8-5-4-6-9-16)13-15(2)18(14)21-10-7-11-22(3,19)20/h4-6,8-9,12-13H,7,10-11H2,1-3H3. The minimum atomic E-state index is -2.92. The van der Waals surface area contributed by atoms with E-state index >= 15 is 0 Å². The van der Waals surface area contributed by atoms with Gasteiger partial charge < -0.3 is 4.74 Å². The Hall–Kier alpha value is -1.81. The summed E-state index contributed by atoms with van der Waals surface area (Å²) in [6.45, 7) is 4.45.